The fourth-order valence-electron chi connectivity index (χ4n) is 4.46. The molecule has 1 fully saturated rings. The normalized spacial score (nSPS) is 16.5. The van der Waals surface area contributed by atoms with Crippen molar-refractivity contribution in [2.45, 2.75) is 18.9 Å². The molecule has 5 rings (SSSR count). The molecule has 1 N–H and O–H groups in total. The van der Waals surface area contributed by atoms with Crippen molar-refractivity contribution >= 4 is 16.9 Å². The van der Waals surface area contributed by atoms with Gasteiger partial charge in [0, 0.05) is 42.4 Å². The minimum absolute atomic E-state index is 0.119. The quantitative estimate of drug-likeness (QED) is 0.478. The van der Waals surface area contributed by atoms with Crippen LogP contribution in [0.15, 0.2) is 37.3 Å². The molecular weight excluding hydrogens is 420 g/mol. The molecule has 1 aliphatic heterocycles. The molecule has 0 aliphatic carbocycles. The number of hydrogen-bond donors (Lipinski definition) is 1. The number of anilines is 1. The van der Waals surface area contributed by atoms with Crippen molar-refractivity contribution in [2.75, 3.05) is 25.1 Å². The van der Waals surface area contributed by atoms with Gasteiger partial charge in [-0.1, -0.05) is 0 Å². The average Bonchev–Trinajstić information content (AvgIpc) is 3.62. The molecule has 0 amide bonds. The second kappa shape index (κ2) is 8.55. The van der Waals surface area contributed by atoms with E-state index in [9.17, 15) is 10.5 Å². The molecule has 2 atom stereocenters. The van der Waals surface area contributed by atoms with Gasteiger partial charge in [-0.15, -0.1) is 0 Å². The van der Waals surface area contributed by atoms with Crippen molar-refractivity contribution in [1.82, 2.24) is 34.7 Å². The molecule has 11 heteroatoms. The molecule has 0 unspecified atom stereocenters. The van der Waals surface area contributed by atoms with Gasteiger partial charge in [0.15, 0.2) is 11.4 Å². The van der Waals surface area contributed by atoms with Crippen LogP contribution in [0.4, 0.5) is 5.82 Å². The second-order valence-corrected chi connectivity index (χ2v) is 7.79. The Morgan fingerprint density at radius 3 is 2.94 bits per heavy atom. The van der Waals surface area contributed by atoms with Crippen LogP contribution >= 0.6 is 0 Å². The number of fused-ring (bicyclic) bond motifs is 1. The molecule has 0 bridgehead atoms. The Morgan fingerprint density at radius 1 is 1.24 bits per heavy atom. The third kappa shape index (κ3) is 3.59. The van der Waals surface area contributed by atoms with Gasteiger partial charge in [-0.25, -0.2) is 19.9 Å². The van der Waals surface area contributed by atoms with Crippen LogP contribution in [-0.4, -0.2) is 54.9 Å². The largest absolute Gasteiger partial charge is 0.480 e. The van der Waals surface area contributed by atoms with Crippen LogP contribution in [0.5, 0.6) is 5.88 Å². The molecule has 1 aliphatic rings. The topological polar surface area (TPSA) is 145 Å². The SMILES string of the molecule is COc1ncnc(N2CC[C@H]([C@H](CC#N)n3cc(-c4ncnc5[nH]ccc45)cn3)C2)c1C#N. The first-order valence-electron chi connectivity index (χ1n) is 10.5. The minimum Gasteiger partial charge on any atom is -0.480 e. The summed E-state index contributed by atoms with van der Waals surface area (Å²) in [5.41, 5.74) is 2.74. The van der Waals surface area contributed by atoms with Crippen LogP contribution in [0, 0.1) is 28.6 Å². The monoisotopic (exact) mass is 440 g/mol. The Bertz CT molecular complexity index is 1380. The number of nitrogens with one attached hydrogen (secondary N) is 1. The van der Waals surface area contributed by atoms with E-state index in [0.29, 0.717) is 30.9 Å². The minimum atomic E-state index is -0.119. The summed E-state index contributed by atoms with van der Waals surface area (Å²) < 4.78 is 7.08. The van der Waals surface area contributed by atoms with E-state index < -0.39 is 0 Å². The zero-order chi connectivity index (χ0) is 22.8. The number of aromatic amines is 1. The number of methoxy groups -OCH3 is 1. The average molecular weight is 440 g/mol. The third-order valence-electron chi connectivity index (χ3n) is 6.04. The molecule has 5 heterocycles. The lowest BCUT2D eigenvalue weighted by Crippen LogP contribution is -2.26. The van der Waals surface area contributed by atoms with Gasteiger partial charge in [0.25, 0.3) is 0 Å². The fourth-order valence-corrected chi connectivity index (χ4v) is 4.46. The first-order valence-corrected chi connectivity index (χ1v) is 10.5. The number of hydrogen-bond acceptors (Lipinski definition) is 9. The van der Waals surface area contributed by atoms with Gasteiger partial charge in [0.05, 0.1) is 37.5 Å². The van der Waals surface area contributed by atoms with Crippen LogP contribution in [0.25, 0.3) is 22.3 Å². The van der Waals surface area contributed by atoms with Crippen molar-refractivity contribution in [3.63, 3.8) is 0 Å². The molecule has 164 valence electrons. The highest BCUT2D eigenvalue weighted by Crippen LogP contribution is 2.35. The van der Waals surface area contributed by atoms with Crippen molar-refractivity contribution in [1.29, 1.82) is 10.5 Å². The van der Waals surface area contributed by atoms with Gasteiger partial charge in [-0.3, -0.25) is 4.68 Å². The van der Waals surface area contributed by atoms with E-state index in [2.05, 4.69) is 47.1 Å². The van der Waals surface area contributed by atoms with Crippen LogP contribution in [0.1, 0.15) is 24.4 Å². The van der Waals surface area contributed by atoms with E-state index in [1.165, 1.54) is 19.8 Å². The lowest BCUT2D eigenvalue weighted by atomic mass is 9.96. The first-order chi connectivity index (χ1) is 16.2. The molecular formula is C22H20N10O. The summed E-state index contributed by atoms with van der Waals surface area (Å²) in [6, 6.07) is 6.27. The molecule has 0 spiro atoms. The summed E-state index contributed by atoms with van der Waals surface area (Å²) in [6.45, 7) is 1.36. The van der Waals surface area contributed by atoms with Crippen molar-refractivity contribution < 1.29 is 4.74 Å². The number of aromatic nitrogens is 7. The highest BCUT2D eigenvalue weighted by molar-refractivity contribution is 5.89. The Morgan fingerprint density at radius 2 is 2.12 bits per heavy atom. The van der Waals surface area contributed by atoms with Crippen LogP contribution < -0.4 is 9.64 Å². The number of nitriles is 2. The van der Waals surface area contributed by atoms with Gasteiger partial charge in [0.2, 0.25) is 5.88 Å². The Kier molecular flexibility index (Phi) is 5.29. The number of ether oxygens (including phenoxy) is 1. The van der Waals surface area contributed by atoms with Crippen molar-refractivity contribution in [3.05, 3.63) is 42.9 Å². The maximum Gasteiger partial charge on any atom is 0.236 e. The smallest absolute Gasteiger partial charge is 0.236 e. The summed E-state index contributed by atoms with van der Waals surface area (Å²) in [4.78, 5) is 22.2. The molecule has 4 aromatic heterocycles. The van der Waals surface area contributed by atoms with Crippen LogP contribution in [-0.2, 0) is 0 Å². The molecule has 4 aromatic rings. The van der Waals surface area contributed by atoms with Gasteiger partial charge in [-0.2, -0.15) is 15.6 Å². The van der Waals surface area contributed by atoms with Crippen molar-refractivity contribution in [2.24, 2.45) is 5.92 Å². The standard InChI is InChI=1S/C22H20N10O/c1-33-22-17(8-24)21(28-13-29-22)31-7-4-14(10-31)18(2-5-23)32-11-15(9-30-32)19-16-3-6-25-20(16)27-12-26-19/h3,6,9,11-14,18H,2,4,7,10H2,1H3,(H,25,26,27)/t14-,18-/m0/s1. The molecule has 0 radical (unpaired) electrons. The second-order valence-electron chi connectivity index (χ2n) is 7.79. The van der Waals surface area contributed by atoms with Gasteiger partial charge in [-0.05, 0) is 12.5 Å². The summed E-state index contributed by atoms with van der Waals surface area (Å²) >= 11 is 0. The molecule has 11 nitrogen and oxygen atoms in total. The fraction of sp³-hybridized carbons (Fsp3) is 0.318. The Labute approximate surface area is 189 Å². The van der Waals surface area contributed by atoms with Crippen molar-refractivity contribution in [3.8, 4) is 29.3 Å². The van der Waals surface area contributed by atoms with Gasteiger partial charge in [0.1, 0.15) is 24.4 Å². The van der Waals surface area contributed by atoms with E-state index in [4.69, 9.17) is 4.74 Å². The van der Waals surface area contributed by atoms with Gasteiger partial charge < -0.3 is 14.6 Å². The van der Waals surface area contributed by atoms with Crippen LogP contribution in [0.3, 0.4) is 0 Å². The zero-order valence-corrected chi connectivity index (χ0v) is 17.9. The number of H-pyrrole nitrogens is 1. The highest BCUT2D eigenvalue weighted by Gasteiger charge is 2.33. The molecule has 1 saturated heterocycles. The Hall–Kier alpha value is -4.51. The lowest BCUT2D eigenvalue weighted by molar-refractivity contribution is 0.332. The van der Waals surface area contributed by atoms with E-state index in [1.807, 2.05) is 23.1 Å². The first kappa shape index (κ1) is 20.4. The highest BCUT2D eigenvalue weighted by atomic mass is 16.5. The zero-order valence-electron chi connectivity index (χ0n) is 17.9. The van der Waals surface area contributed by atoms with E-state index in [0.717, 1.165) is 28.7 Å². The predicted molar refractivity (Wildman–Crippen MR) is 118 cm³/mol. The summed E-state index contributed by atoms with van der Waals surface area (Å²) in [6.07, 6.45) is 9.63. The lowest BCUT2D eigenvalue weighted by Gasteiger charge is -2.23. The van der Waals surface area contributed by atoms with E-state index in [1.54, 1.807) is 6.20 Å². The predicted octanol–water partition coefficient (Wildman–Crippen LogP) is 2.47. The maximum atomic E-state index is 9.59. The molecule has 33 heavy (non-hydrogen) atoms. The molecule has 0 saturated carbocycles. The van der Waals surface area contributed by atoms with Gasteiger partial charge >= 0.3 is 0 Å². The summed E-state index contributed by atoms with van der Waals surface area (Å²) in [5.74, 6) is 0.972. The Balaban J connectivity index is 1.42. The molecule has 0 aromatic carbocycles. The van der Waals surface area contributed by atoms with Crippen LogP contribution in [0.2, 0.25) is 0 Å². The summed E-state index contributed by atoms with van der Waals surface area (Å²) in [7, 11) is 1.48. The summed E-state index contributed by atoms with van der Waals surface area (Å²) in [5, 5.41) is 24.6. The van der Waals surface area contributed by atoms with E-state index >= 15 is 0 Å². The number of rotatable bonds is 6. The van der Waals surface area contributed by atoms with E-state index in [-0.39, 0.29) is 17.8 Å². The number of nitrogens with zero attached hydrogens (tertiary/aromatic N) is 9. The maximum absolute atomic E-state index is 9.59. The third-order valence-corrected chi connectivity index (χ3v) is 6.04.